The second-order valence-electron chi connectivity index (χ2n) is 10.7. The number of rotatable bonds is 3. The van der Waals surface area contributed by atoms with Gasteiger partial charge in [0.2, 0.25) is 5.71 Å². The van der Waals surface area contributed by atoms with Crippen LogP contribution in [-0.4, -0.2) is 19.9 Å². The monoisotopic (exact) mass is 550 g/mol. The van der Waals surface area contributed by atoms with Crippen LogP contribution in [0.2, 0.25) is 0 Å². The lowest BCUT2D eigenvalue weighted by atomic mass is 10.00. The number of pyridine rings is 1. The van der Waals surface area contributed by atoms with Crippen molar-refractivity contribution in [3.05, 3.63) is 134 Å². The Labute approximate surface area is 246 Å². The van der Waals surface area contributed by atoms with Gasteiger partial charge in [-0.3, -0.25) is 0 Å². The summed E-state index contributed by atoms with van der Waals surface area (Å²) in [6.07, 6.45) is 1.76. The number of aromatic nitrogens is 4. The molecule has 0 radical (unpaired) electrons. The van der Waals surface area contributed by atoms with Gasteiger partial charge in [-0.15, -0.1) is 0 Å². The highest BCUT2D eigenvalue weighted by Crippen LogP contribution is 2.37. The van der Waals surface area contributed by atoms with E-state index in [1.165, 1.54) is 16.2 Å². The van der Waals surface area contributed by atoms with Gasteiger partial charge in [0.05, 0.1) is 5.39 Å². The summed E-state index contributed by atoms with van der Waals surface area (Å²) in [6.45, 7) is 0. The summed E-state index contributed by atoms with van der Waals surface area (Å²) in [4.78, 5) is 19.7. The van der Waals surface area contributed by atoms with Crippen LogP contribution in [0, 0.1) is 0 Å². The molecule has 0 N–H and O–H groups in total. The van der Waals surface area contributed by atoms with E-state index >= 15 is 0 Å². The van der Waals surface area contributed by atoms with Gasteiger partial charge in [-0.2, -0.15) is 0 Å². The van der Waals surface area contributed by atoms with Crippen molar-refractivity contribution in [1.29, 1.82) is 0 Å². The zero-order chi connectivity index (χ0) is 28.3. The van der Waals surface area contributed by atoms with Crippen molar-refractivity contribution < 1.29 is 4.42 Å². The maximum atomic E-state index is 6.26. The van der Waals surface area contributed by atoms with Crippen molar-refractivity contribution in [2.24, 2.45) is 0 Å². The minimum Gasteiger partial charge on any atom is -0.438 e. The van der Waals surface area contributed by atoms with Crippen molar-refractivity contribution in [2.45, 2.75) is 0 Å². The first kappa shape index (κ1) is 23.7. The molecule has 0 aliphatic heterocycles. The molecule has 0 aliphatic rings. The summed E-state index contributed by atoms with van der Waals surface area (Å²) in [5, 5.41) is 8.87. The van der Waals surface area contributed by atoms with Crippen LogP contribution < -0.4 is 0 Å². The van der Waals surface area contributed by atoms with Crippen LogP contribution in [0.4, 0.5) is 0 Å². The highest BCUT2D eigenvalue weighted by Gasteiger charge is 2.19. The number of benzene rings is 6. The minimum atomic E-state index is 0.559. The number of nitrogens with zero attached hydrogens (tertiary/aromatic N) is 4. The summed E-state index contributed by atoms with van der Waals surface area (Å²) in [6, 6.07) is 43.7. The maximum absolute atomic E-state index is 6.26. The highest BCUT2D eigenvalue weighted by molar-refractivity contribution is 6.14. The molecule has 43 heavy (non-hydrogen) atoms. The summed E-state index contributed by atoms with van der Waals surface area (Å²) < 4.78 is 6.26. The normalized spacial score (nSPS) is 11.7. The number of fused-ring (bicyclic) bond motifs is 7. The van der Waals surface area contributed by atoms with Gasteiger partial charge in [-0.25, -0.2) is 19.9 Å². The standard InChI is InChI=1S/C38H22N4O/c1-2-9-25(10-3-1)35-40-36(28-17-16-24-15-14-23-8-6-7-13-29(23)31(24)21-28)42-37(41-35)30-18-19-39-38-34(30)32-20-26-11-4-5-12-27(26)22-33(32)43-38/h1-22H. The first-order valence-corrected chi connectivity index (χ1v) is 14.2. The van der Waals surface area contributed by atoms with E-state index in [4.69, 9.17) is 19.4 Å². The van der Waals surface area contributed by atoms with Gasteiger partial charge < -0.3 is 4.42 Å². The van der Waals surface area contributed by atoms with E-state index in [0.717, 1.165) is 49.2 Å². The molecule has 0 bridgehead atoms. The largest absolute Gasteiger partial charge is 0.438 e. The molecule has 200 valence electrons. The first-order chi connectivity index (χ1) is 21.3. The molecule has 0 amide bonds. The highest BCUT2D eigenvalue weighted by atomic mass is 16.3. The molecule has 9 rings (SSSR count). The van der Waals surface area contributed by atoms with E-state index in [1.54, 1.807) is 6.20 Å². The van der Waals surface area contributed by atoms with Gasteiger partial charge in [0, 0.05) is 28.3 Å². The van der Waals surface area contributed by atoms with Crippen LogP contribution in [0.25, 0.3) is 88.5 Å². The van der Waals surface area contributed by atoms with Crippen molar-refractivity contribution >= 4 is 54.4 Å². The zero-order valence-electron chi connectivity index (χ0n) is 22.9. The second kappa shape index (κ2) is 9.29. The molecule has 3 aromatic heterocycles. The Kier molecular flexibility index (Phi) is 5.13. The summed E-state index contributed by atoms with van der Waals surface area (Å²) >= 11 is 0. The van der Waals surface area contributed by atoms with E-state index in [0.29, 0.717) is 23.2 Å². The topological polar surface area (TPSA) is 64.7 Å². The summed E-state index contributed by atoms with van der Waals surface area (Å²) in [7, 11) is 0. The molecule has 5 nitrogen and oxygen atoms in total. The van der Waals surface area contributed by atoms with E-state index in [1.807, 2.05) is 48.5 Å². The summed E-state index contributed by atoms with van der Waals surface area (Å²) in [5.41, 5.74) is 4.05. The van der Waals surface area contributed by atoms with Crippen LogP contribution in [0.5, 0.6) is 0 Å². The molecule has 0 aliphatic carbocycles. The Morgan fingerprint density at radius 2 is 1.09 bits per heavy atom. The predicted octanol–water partition coefficient (Wildman–Crippen LogP) is 9.63. The molecule has 0 atom stereocenters. The maximum Gasteiger partial charge on any atom is 0.228 e. The minimum absolute atomic E-state index is 0.559. The van der Waals surface area contributed by atoms with Crippen LogP contribution in [0.3, 0.4) is 0 Å². The van der Waals surface area contributed by atoms with Crippen LogP contribution in [0.15, 0.2) is 138 Å². The SMILES string of the molecule is c1ccc(-c2nc(-c3ccc4ccc5ccccc5c4c3)nc(-c3ccnc4oc5cc6ccccc6cc5c34)n2)cc1. The Hall–Kier alpha value is -5.94. The average Bonchev–Trinajstić information content (AvgIpc) is 3.44. The second-order valence-corrected chi connectivity index (χ2v) is 10.7. The lowest BCUT2D eigenvalue weighted by molar-refractivity contribution is 0.654. The molecule has 0 saturated heterocycles. The lowest BCUT2D eigenvalue weighted by Gasteiger charge is -2.10. The third kappa shape index (κ3) is 3.86. The van der Waals surface area contributed by atoms with Gasteiger partial charge >= 0.3 is 0 Å². The zero-order valence-corrected chi connectivity index (χ0v) is 22.9. The van der Waals surface area contributed by atoms with Crippen molar-refractivity contribution in [2.75, 3.05) is 0 Å². The van der Waals surface area contributed by atoms with E-state index in [2.05, 4.69) is 83.8 Å². The van der Waals surface area contributed by atoms with E-state index < -0.39 is 0 Å². The lowest BCUT2D eigenvalue weighted by Crippen LogP contribution is -2.00. The fourth-order valence-corrected chi connectivity index (χ4v) is 6.05. The Bertz CT molecular complexity index is 2520. The molecule has 3 heterocycles. The molecule has 0 unspecified atom stereocenters. The Balaban J connectivity index is 1.32. The third-order valence-corrected chi connectivity index (χ3v) is 8.15. The molecule has 0 spiro atoms. The van der Waals surface area contributed by atoms with Crippen LogP contribution in [0.1, 0.15) is 0 Å². The van der Waals surface area contributed by atoms with E-state index in [-0.39, 0.29) is 0 Å². The quantitative estimate of drug-likeness (QED) is 0.205. The first-order valence-electron chi connectivity index (χ1n) is 14.2. The third-order valence-electron chi connectivity index (χ3n) is 8.15. The Morgan fingerprint density at radius 1 is 0.442 bits per heavy atom. The molecule has 6 aromatic carbocycles. The Morgan fingerprint density at radius 3 is 1.93 bits per heavy atom. The van der Waals surface area contributed by atoms with E-state index in [9.17, 15) is 0 Å². The number of furan rings is 1. The van der Waals surface area contributed by atoms with Gasteiger partial charge in [-0.05, 0) is 56.6 Å². The molecule has 0 saturated carbocycles. The molecule has 5 heteroatoms. The molecular formula is C38H22N4O. The van der Waals surface area contributed by atoms with Gasteiger partial charge in [0.1, 0.15) is 5.58 Å². The molecular weight excluding hydrogens is 528 g/mol. The van der Waals surface area contributed by atoms with Gasteiger partial charge in [0.15, 0.2) is 17.5 Å². The summed E-state index contributed by atoms with van der Waals surface area (Å²) in [5.74, 6) is 1.80. The number of hydrogen-bond acceptors (Lipinski definition) is 5. The predicted molar refractivity (Wildman–Crippen MR) is 174 cm³/mol. The van der Waals surface area contributed by atoms with Crippen molar-refractivity contribution in [3.8, 4) is 34.2 Å². The fraction of sp³-hybridized carbons (Fsp3) is 0. The van der Waals surface area contributed by atoms with Gasteiger partial charge in [0.25, 0.3) is 0 Å². The average molecular weight is 551 g/mol. The van der Waals surface area contributed by atoms with Crippen LogP contribution in [-0.2, 0) is 0 Å². The fourth-order valence-electron chi connectivity index (χ4n) is 6.05. The number of hydrogen-bond donors (Lipinski definition) is 0. The van der Waals surface area contributed by atoms with Crippen LogP contribution >= 0.6 is 0 Å². The van der Waals surface area contributed by atoms with Gasteiger partial charge in [-0.1, -0.05) is 103 Å². The molecule has 9 aromatic rings. The smallest absolute Gasteiger partial charge is 0.228 e. The van der Waals surface area contributed by atoms with Crippen molar-refractivity contribution in [1.82, 2.24) is 19.9 Å². The molecule has 0 fully saturated rings. The van der Waals surface area contributed by atoms with Crippen molar-refractivity contribution in [3.63, 3.8) is 0 Å².